The molecule has 2 aliphatic rings. The van der Waals surface area contributed by atoms with E-state index in [1.54, 1.807) is 18.2 Å². The number of carbonyl (C=O) groups excluding carboxylic acids is 2. The second kappa shape index (κ2) is 8.37. The highest BCUT2D eigenvalue weighted by Gasteiger charge is 2.33. The zero-order valence-electron chi connectivity index (χ0n) is 15.0. The smallest absolute Gasteiger partial charge is 0.315 e. The average molecular weight is 377 g/mol. The van der Waals surface area contributed by atoms with Gasteiger partial charge in [0, 0.05) is 12.6 Å². The van der Waals surface area contributed by atoms with Crippen LogP contribution < -0.4 is 15.5 Å². The summed E-state index contributed by atoms with van der Waals surface area (Å²) in [4.78, 5) is 37.3. The first kappa shape index (κ1) is 19.1. The third-order valence-corrected chi connectivity index (χ3v) is 5.30. The first-order chi connectivity index (χ1) is 13.0. The number of carboxylic acids is 1. The Labute approximate surface area is 156 Å². The van der Waals surface area contributed by atoms with E-state index in [4.69, 9.17) is 5.11 Å². The molecule has 0 spiro atoms. The molecular formula is C19H24FN3O4. The Morgan fingerprint density at radius 3 is 2.44 bits per heavy atom. The number of aliphatic carboxylic acids is 1. The van der Waals surface area contributed by atoms with Gasteiger partial charge in [0.2, 0.25) is 5.91 Å². The maximum Gasteiger partial charge on any atom is 0.315 e. The molecule has 1 atom stereocenters. The van der Waals surface area contributed by atoms with Crippen LogP contribution >= 0.6 is 0 Å². The van der Waals surface area contributed by atoms with Crippen LogP contribution in [0.25, 0.3) is 0 Å². The molecule has 27 heavy (non-hydrogen) atoms. The van der Waals surface area contributed by atoms with Crippen molar-refractivity contribution in [3.63, 3.8) is 0 Å². The summed E-state index contributed by atoms with van der Waals surface area (Å²) in [6.07, 6.45) is 3.43. The summed E-state index contributed by atoms with van der Waals surface area (Å²) >= 11 is 0. The monoisotopic (exact) mass is 377 g/mol. The second-order valence-electron chi connectivity index (χ2n) is 7.14. The van der Waals surface area contributed by atoms with Gasteiger partial charge in [-0.2, -0.15) is 0 Å². The van der Waals surface area contributed by atoms with Crippen molar-refractivity contribution in [3.05, 3.63) is 30.1 Å². The predicted molar refractivity (Wildman–Crippen MR) is 96.8 cm³/mol. The van der Waals surface area contributed by atoms with E-state index >= 15 is 0 Å². The Hall–Kier alpha value is -2.64. The number of carbonyl (C=O) groups is 3. The summed E-state index contributed by atoms with van der Waals surface area (Å²) in [7, 11) is 0. The molecular weight excluding hydrogens is 353 g/mol. The summed E-state index contributed by atoms with van der Waals surface area (Å²) in [5, 5.41) is 14.5. The van der Waals surface area contributed by atoms with Gasteiger partial charge in [-0.15, -0.1) is 0 Å². The third kappa shape index (κ3) is 4.56. The largest absolute Gasteiger partial charge is 0.481 e. The maximum atomic E-state index is 14.0. The number of anilines is 1. The van der Waals surface area contributed by atoms with Crippen LogP contribution in [0.3, 0.4) is 0 Å². The van der Waals surface area contributed by atoms with Gasteiger partial charge in [-0.1, -0.05) is 12.1 Å². The van der Waals surface area contributed by atoms with Gasteiger partial charge in [0.25, 0.3) is 0 Å². The van der Waals surface area contributed by atoms with Crippen molar-refractivity contribution in [3.8, 4) is 0 Å². The number of nitrogens with zero attached hydrogens (tertiary/aromatic N) is 1. The molecule has 1 aromatic carbocycles. The highest BCUT2D eigenvalue weighted by Crippen LogP contribution is 2.25. The molecule has 1 unspecified atom stereocenters. The van der Waals surface area contributed by atoms with Crippen LogP contribution in [0, 0.1) is 11.7 Å². The van der Waals surface area contributed by atoms with Gasteiger partial charge in [0.1, 0.15) is 11.9 Å². The van der Waals surface area contributed by atoms with E-state index in [0.717, 1.165) is 0 Å². The van der Waals surface area contributed by atoms with E-state index in [1.165, 1.54) is 11.0 Å². The van der Waals surface area contributed by atoms with Gasteiger partial charge >= 0.3 is 12.0 Å². The molecule has 1 saturated carbocycles. The lowest BCUT2D eigenvalue weighted by Gasteiger charge is -2.33. The number of benzene rings is 1. The Bertz CT molecular complexity index is 719. The summed E-state index contributed by atoms with van der Waals surface area (Å²) in [5.74, 6) is -1.93. The van der Waals surface area contributed by atoms with Crippen molar-refractivity contribution in [1.82, 2.24) is 10.6 Å². The van der Waals surface area contributed by atoms with Crippen molar-refractivity contribution in [2.45, 2.75) is 50.6 Å². The molecule has 3 amide bonds. The number of hydrogen-bond acceptors (Lipinski definition) is 3. The van der Waals surface area contributed by atoms with Gasteiger partial charge in [0.15, 0.2) is 0 Å². The Kier molecular flexibility index (Phi) is 5.93. The molecule has 1 aliphatic carbocycles. The lowest BCUT2D eigenvalue weighted by molar-refractivity contribution is -0.142. The molecule has 0 bridgehead atoms. The lowest BCUT2D eigenvalue weighted by atomic mass is 9.86. The SMILES string of the molecule is O=C(NC1CCC(C(=O)O)CC1)NC1CCCN(c2ccccc2F)C1=O. The maximum absolute atomic E-state index is 14.0. The Morgan fingerprint density at radius 2 is 1.78 bits per heavy atom. The number of para-hydroxylation sites is 1. The number of rotatable bonds is 4. The summed E-state index contributed by atoms with van der Waals surface area (Å²) < 4.78 is 14.0. The second-order valence-corrected chi connectivity index (χ2v) is 7.14. The van der Waals surface area contributed by atoms with Crippen molar-refractivity contribution in [2.24, 2.45) is 5.92 Å². The van der Waals surface area contributed by atoms with Gasteiger partial charge in [0.05, 0.1) is 11.6 Å². The number of amides is 3. The topological polar surface area (TPSA) is 98.7 Å². The molecule has 2 fully saturated rings. The first-order valence-electron chi connectivity index (χ1n) is 9.31. The third-order valence-electron chi connectivity index (χ3n) is 5.30. The fraction of sp³-hybridized carbons (Fsp3) is 0.526. The minimum absolute atomic E-state index is 0.0954. The quantitative estimate of drug-likeness (QED) is 0.750. The minimum Gasteiger partial charge on any atom is -0.481 e. The molecule has 1 aliphatic heterocycles. The highest BCUT2D eigenvalue weighted by atomic mass is 19.1. The summed E-state index contributed by atoms with van der Waals surface area (Å²) in [6, 6.07) is 4.85. The van der Waals surface area contributed by atoms with Gasteiger partial charge in [-0.3, -0.25) is 9.59 Å². The van der Waals surface area contributed by atoms with Crippen molar-refractivity contribution in [2.75, 3.05) is 11.4 Å². The molecule has 7 nitrogen and oxygen atoms in total. The van der Waals surface area contributed by atoms with Crippen molar-refractivity contribution < 1.29 is 23.9 Å². The fourth-order valence-corrected chi connectivity index (χ4v) is 3.79. The molecule has 1 heterocycles. The Morgan fingerprint density at radius 1 is 1.07 bits per heavy atom. The number of hydrogen-bond donors (Lipinski definition) is 3. The highest BCUT2D eigenvalue weighted by molar-refractivity contribution is 5.99. The van der Waals surface area contributed by atoms with Crippen LogP contribution in [-0.4, -0.2) is 41.6 Å². The molecule has 146 valence electrons. The van der Waals surface area contributed by atoms with Gasteiger partial charge in [-0.25, -0.2) is 9.18 Å². The lowest BCUT2D eigenvalue weighted by Crippen LogP contribution is -2.56. The van der Waals surface area contributed by atoms with Crippen LogP contribution in [-0.2, 0) is 9.59 Å². The minimum atomic E-state index is -0.793. The van der Waals surface area contributed by atoms with E-state index in [-0.39, 0.29) is 23.6 Å². The number of halogens is 1. The van der Waals surface area contributed by atoms with E-state index in [1.807, 2.05) is 0 Å². The molecule has 3 N–H and O–H groups in total. The molecule has 3 rings (SSSR count). The van der Waals surface area contributed by atoms with E-state index in [2.05, 4.69) is 10.6 Å². The van der Waals surface area contributed by atoms with Crippen LogP contribution in [0.1, 0.15) is 38.5 Å². The van der Waals surface area contributed by atoms with Crippen molar-refractivity contribution in [1.29, 1.82) is 0 Å². The first-order valence-corrected chi connectivity index (χ1v) is 9.31. The molecule has 0 radical (unpaired) electrons. The number of urea groups is 1. The zero-order chi connectivity index (χ0) is 19.4. The molecule has 0 aromatic heterocycles. The van der Waals surface area contributed by atoms with E-state index < -0.39 is 23.9 Å². The number of nitrogens with one attached hydrogen (secondary N) is 2. The average Bonchev–Trinajstić information content (AvgIpc) is 2.64. The van der Waals surface area contributed by atoms with Crippen LogP contribution in [0.5, 0.6) is 0 Å². The van der Waals surface area contributed by atoms with E-state index in [0.29, 0.717) is 45.1 Å². The number of piperidine rings is 1. The van der Waals surface area contributed by atoms with E-state index in [9.17, 15) is 18.8 Å². The van der Waals surface area contributed by atoms with Gasteiger partial charge < -0.3 is 20.6 Å². The van der Waals surface area contributed by atoms with Crippen molar-refractivity contribution >= 4 is 23.6 Å². The van der Waals surface area contributed by atoms with Crippen LogP contribution in [0.15, 0.2) is 24.3 Å². The molecule has 8 heteroatoms. The van der Waals surface area contributed by atoms with Crippen LogP contribution in [0.4, 0.5) is 14.9 Å². The summed E-state index contributed by atoms with van der Waals surface area (Å²) in [5.41, 5.74) is 0.224. The fourth-order valence-electron chi connectivity index (χ4n) is 3.79. The zero-order valence-corrected chi connectivity index (χ0v) is 15.0. The normalized spacial score (nSPS) is 25.7. The number of carboxylic acid groups (broad SMARTS) is 1. The van der Waals surface area contributed by atoms with Crippen LogP contribution in [0.2, 0.25) is 0 Å². The standard InChI is InChI=1S/C19H24FN3O4/c20-14-4-1-2-6-16(14)23-11-3-5-15(17(23)24)22-19(27)21-13-9-7-12(8-10-13)18(25)26/h1-2,4,6,12-13,15H,3,5,7-11H2,(H,25,26)(H2,21,22,27). The molecule has 1 saturated heterocycles. The summed E-state index contributed by atoms with van der Waals surface area (Å²) in [6.45, 7) is 0.415. The Balaban J connectivity index is 1.54. The molecule has 1 aromatic rings. The van der Waals surface area contributed by atoms with Gasteiger partial charge in [-0.05, 0) is 50.7 Å². The predicted octanol–water partition coefficient (Wildman–Crippen LogP) is 2.26.